The van der Waals surface area contributed by atoms with Gasteiger partial charge in [-0.05, 0) is 48.9 Å². The molecule has 0 aliphatic carbocycles. The molecule has 2 unspecified atom stereocenters. The first-order valence-electron chi connectivity index (χ1n) is 12.1. The van der Waals surface area contributed by atoms with Gasteiger partial charge in [0, 0.05) is 25.2 Å². The quantitative estimate of drug-likeness (QED) is 0.335. The molecule has 178 valence electrons. The van der Waals surface area contributed by atoms with Gasteiger partial charge in [0.25, 0.3) is 0 Å². The third kappa shape index (κ3) is 4.33. The van der Waals surface area contributed by atoms with Gasteiger partial charge in [0.15, 0.2) is 0 Å². The largest absolute Gasteiger partial charge is 0.469 e. The molecule has 2 aromatic carbocycles. The van der Waals surface area contributed by atoms with E-state index in [1.165, 1.54) is 0 Å². The van der Waals surface area contributed by atoms with E-state index >= 15 is 0 Å². The number of hydrogen-bond donors (Lipinski definition) is 1. The Hall–Kier alpha value is -3.90. The molecule has 2 aromatic heterocycles. The smallest absolute Gasteiger partial charge is 0.428 e. The lowest BCUT2D eigenvalue weighted by Crippen LogP contribution is -2.61. The summed E-state index contributed by atoms with van der Waals surface area (Å²) in [7, 11) is 0. The van der Waals surface area contributed by atoms with Gasteiger partial charge in [-0.25, -0.2) is 9.59 Å². The standard InChI is InChI=1S/C29H29N3O3/c1-22-11-9-19-32(22,29(34)30-25-14-5-6-15-26(25)31-17-7-8-18-31)28(33)21-24(27-16-10-20-35-27)23-12-3-2-4-13-23/h2-8,10,12-18,20,22,24H,9,11,19,21H2,1H3/p+1/t22-,24?,32?/m1/s1. The number of imide groups is 1. The number of nitrogens with zero attached hydrogens (tertiary/aromatic N) is 2. The number of rotatable bonds is 6. The van der Waals surface area contributed by atoms with E-state index in [0.29, 0.717) is 12.2 Å². The van der Waals surface area contributed by atoms with E-state index in [2.05, 4.69) is 5.32 Å². The molecular weight excluding hydrogens is 438 g/mol. The van der Waals surface area contributed by atoms with Crippen molar-refractivity contribution in [1.82, 2.24) is 4.57 Å². The van der Waals surface area contributed by atoms with E-state index in [1.807, 2.05) is 103 Å². The fourth-order valence-electron chi connectivity index (χ4n) is 5.27. The van der Waals surface area contributed by atoms with Crippen molar-refractivity contribution in [2.75, 3.05) is 11.9 Å². The van der Waals surface area contributed by atoms with Crippen LogP contribution in [0.3, 0.4) is 0 Å². The maximum Gasteiger partial charge on any atom is 0.428 e. The van der Waals surface area contributed by atoms with Crippen molar-refractivity contribution in [3.05, 3.63) is 109 Å². The first-order valence-corrected chi connectivity index (χ1v) is 12.1. The summed E-state index contributed by atoms with van der Waals surface area (Å²) in [6.07, 6.45) is 7.35. The topological polar surface area (TPSA) is 64.2 Å². The molecule has 0 saturated carbocycles. The summed E-state index contributed by atoms with van der Waals surface area (Å²) in [4.78, 5) is 28.0. The number of aromatic nitrogens is 1. The van der Waals surface area contributed by atoms with Crippen LogP contribution in [0.4, 0.5) is 10.5 Å². The van der Waals surface area contributed by atoms with Crippen LogP contribution in [0.15, 0.2) is 102 Å². The summed E-state index contributed by atoms with van der Waals surface area (Å²) < 4.78 is 7.48. The molecule has 6 heteroatoms. The van der Waals surface area contributed by atoms with E-state index in [0.717, 1.165) is 29.9 Å². The minimum atomic E-state index is -0.272. The van der Waals surface area contributed by atoms with E-state index in [-0.39, 0.29) is 34.8 Å². The molecule has 3 heterocycles. The minimum Gasteiger partial charge on any atom is -0.469 e. The summed E-state index contributed by atoms with van der Waals surface area (Å²) in [5, 5.41) is 3.11. The van der Waals surface area contributed by atoms with Crippen LogP contribution >= 0.6 is 0 Å². The Morgan fingerprint density at radius 2 is 1.74 bits per heavy atom. The van der Waals surface area contributed by atoms with Gasteiger partial charge in [-0.3, -0.25) is 5.32 Å². The van der Waals surface area contributed by atoms with Crippen molar-refractivity contribution >= 4 is 17.6 Å². The molecule has 1 fully saturated rings. The highest BCUT2D eigenvalue weighted by atomic mass is 16.3. The monoisotopic (exact) mass is 468 g/mol. The molecule has 3 atom stereocenters. The third-order valence-electron chi connectivity index (χ3n) is 7.19. The zero-order valence-corrected chi connectivity index (χ0v) is 19.8. The number of furan rings is 1. The molecule has 35 heavy (non-hydrogen) atoms. The summed E-state index contributed by atoms with van der Waals surface area (Å²) >= 11 is 0. The summed E-state index contributed by atoms with van der Waals surface area (Å²) in [6.45, 7) is 2.50. The van der Waals surface area contributed by atoms with Gasteiger partial charge in [-0.2, -0.15) is 4.48 Å². The number of anilines is 1. The molecule has 1 N–H and O–H groups in total. The number of amides is 3. The number of carbonyl (C=O) groups is 2. The number of likely N-dealkylation sites (tertiary alicyclic amines) is 1. The predicted molar refractivity (Wildman–Crippen MR) is 135 cm³/mol. The van der Waals surface area contributed by atoms with Crippen LogP contribution in [0, 0.1) is 0 Å². The molecule has 3 amide bonds. The summed E-state index contributed by atoms with van der Waals surface area (Å²) in [6, 6.07) is 24.8. The molecule has 4 aromatic rings. The van der Waals surface area contributed by atoms with Crippen LogP contribution in [-0.4, -0.2) is 33.6 Å². The second-order valence-electron chi connectivity index (χ2n) is 9.20. The zero-order valence-electron chi connectivity index (χ0n) is 19.8. The van der Waals surface area contributed by atoms with E-state index < -0.39 is 0 Å². The fraction of sp³-hybridized carbons (Fsp3) is 0.241. The van der Waals surface area contributed by atoms with Crippen molar-refractivity contribution in [3.8, 4) is 5.69 Å². The Balaban J connectivity index is 1.46. The van der Waals surface area contributed by atoms with Crippen molar-refractivity contribution in [2.24, 2.45) is 0 Å². The summed E-state index contributed by atoms with van der Waals surface area (Å²) in [5.41, 5.74) is 2.55. The van der Waals surface area contributed by atoms with Crippen molar-refractivity contribution in [2.45, 2.75) is 38.1 Å². The Labute approximate surface area is 205 Å². The molecule has 0 bridgehead atoms. The SMILES string of the molecule is C[C@@H]1CCC[N+]1(C(=O)CC(c1ccccc1)c1ccco1)C(=O)Nc1ccccc1-n1cccc1. The van der Waals surface area contributed by atoms with E-state index in [4.69, 9.17) is 4.42 Å². The Kier molecular flexibility index (Phi) is 6.38. The first-order chi connectivity index (χ1) is 17.1. The van der Waals surface area contributed by atoms with Crippen LogP contribution in [0.1, 0.15) is 43.4 Å². The number of quaternary nitrogens is 1. The number of urea groups is 1. The summed E-state index contributed by atoms with van der Waals surface area (Å²) in [5.74, 6) is 0.394. The number of para-hydroxylation sites is 2. The lowest BCUT2D eigenvalue weighted by Gasteiger charge is -2.34. The maximum absolute atomic E-state index is 14.1. The van der Waals surface area contributed by atoms with Crippen molar-refractivity contribution in [1.29, 1.82) is 0 Å². The number of carbonyl (C=O) groups excluding carboxylic acids is 2. The van der Waals surface area contributed by atoms with Crippen LogP contribution in [0.2, 0.25) is 0 Å². The average molecular weight is 469 g/mol. The lowest BCUT2D eigenvalue weighted by atomic mass is 9.92. The molecule has 1 aliphatic rings. The Morgan fingerprint density at radius 1 is 1.00 bits per heavy atom. The van der Waals surface area contributed by atoms with Gasteiger partial charge in [0.05, 0.1) is 36.5 Å². The molecule has 6 nitrogen and oxygen atoms in total. The first kappa shape index (κ1) is 22.9. The average Bonchev–Trinajstić information content (AvgIpc) is 3.66. The molecule has 1 saturated heterocycles. The van der Waals surface area contributed by atoms with Crippen LogP contribution < -0.4 is 5.32 Å². The second kappa shape index (κ2) is 9.76. The van der Waals surface area contributed by atoms with Gasteiger partial charge >= 0.3 is 11.9 Å². The fourth-order valence-corrected chi connectivity index (χ4v) is 5.27. The Bertz CT molecular complexity index is 1280. The van der Waals surface area contributed by atoms with Gasteiger partial charge in [0.2, 0.25) is 0 Å². The minimum absolute atomic E-state index is 0.0869. The highest BCUT2D eigenvalue weighted by Gasteiger charge is 2.53. The second-order valence-corrected chi connectivity index (χ2v) is 9.20. The van der Waals surface area contributed by atoms with E-state index in [9.17, 15) is 9.59 Å². The van der Waals surface area contributed by atoms with Gasteiger partial charge in [-0.15, -0.1) is 0 Å². The number of nitrogens with one attached hydrogen (secondary N) is 1. The molecule has 1 aliphatic heterocycles. The third-order valence-corrected chi connectivity index (χ3v) is 7.19. The molecular formula is C29H30N3O3+. The van der Waals surface area contributed by atoms with E-state index in [1.54, 1.807) is 6.26 Å². The lowest BCUT2D eigenvalue weighted by molar-refractivity contribution is -0.782. The molecule has 5 rings (SSSR count). The highest BCUT2D eigenvalue weighted by Crippen LogP contribution is 2.36. The normalized spacial score (nSPS) is 20.4. The van der Waals surface area contributed by atoms with Gasteiger partial charge in [0.1, 0.15) is 11.8 Å². The van der Waals surface area contributed by atoms with Crippen molar-refractivity contribution < 1.29 is 18.5 Å². The maximum atomic E-state index is 14.1. The number of hydrogen-bond acceptors (Lipinski definition) is 3. The van der Waals surface area contributed by atoms with Crippen molar-refractivity contribution in [3.63, 3.8) is 0 Å². The van der Waals surface area contributed by atoms with Crippen LogP contribution in [0.25, 0.3) is 5.69 Å². The number of benzene rings is 2. The highest BCUT2D eigenvalue weighted by molar-refractivity contribution is 5.94. The van der Waals surface area contributed by atoms with Crippen LogP contribution in [-0.2, 0) is 4.79 Å². The predicted octanol–water partition coefficient (Wildman–Crippen LogP) is 6.35. The Morgan fingerprint density at radius 3 is 2.43 bits per heavy atom. The molecule has 0 spiro atoms. The van der Waals surface area contributed by atoms with Crippen LogP contribution in [0.5, 0.6) is 0 Å². The van der Waals surface area contributed by atoms with Gasteiger partial charge < -0.3 is 8.98 Å². The zero-order chi connectivity index (χ0) is 24.3. The van der Waals surface area contributed by atoms with Gasteiger partial charge in [-0.1, -0.05) is 42.5 Å². The molecule has 0 radical (unpaired) electrons.